The minimum atomic E-state index is -0.305. The molecule has 8 heteroatoms. The third kappa shape index (κ3) is 5.28. The Morgan fingerprint density at radius 1 is 0.808 bits per heavy atom. The molecule has 0 aromatic heterocycles. The lowest BCUT2D eigenvalue weighted by Crippen LogP contribution is -2.34. The van der Waals surface area contributed by atoms with Crippen LogP contribution in [0.2, 0.25) is 10.0 Å². The summed E-state index contributed by atoms with van der Waals surface area (Å²) in [6, 6.07) is 9.49. The molecule has 0 aliphatic carbocycles. The van der Waals surface area contributed by atoms with Crippen molar-refractivity contribution in [2.24, 2.45) is 0 Å². The van der Waals surface area contributed by atoms with E-state index in [0.717, 1.165) is 0 Å². The Labute approximate surface area is 161 Å². The van der Waals surface area contributed by atoms with Gasteiger partial charge in [0.05, 0.1) is 24.3 Å². The number of methoxy groups -OCH3 is 2. The van der Waals surface area contributed by atoms with Crippen molar-refractivity contribution < 1.29 is 19.1 Å². The Morgan fingerprint density at radius 3 is 1.85 bits per heavy atom. The molecule has 0 atom stereocenters. The fourth-order valence-corrected chi connectivity index (χ4v) is 2.43. The van der Waals surface area contributed by atoms with Crippen molar-refractivity contribution in [3.05, 3.63) is 57.6 Å². The Morgan fingerprint density at radius 2 is 1.35 bits per heavy atom. The summed E-state index contributed by atoms with van der Waals surface area (Å²) in [6.45, 7) is 0.511. The number of hydrogen-bond donors (Lipinski definition) is 2. The van der Waals surface area contributed by atoms with Crippen molar-refractivity contribution in [2.75, 3.05) is 27.3 Å². The summed E-state index contributed by atoms with van der Waals surface area (Å²) in [5.74, 6) is 0.427. The van der Waals surface area contributed by atoms with E-state index in [0.29, 0.717) is 32.7 Å². The van der Waals surface area contributed by atoms with Crippen molar-refractivity contribution in [3.8, 4) is 11.5 Å². The molecule has 2 N–H and O–H groups in total. The second-order valence-electron chi connectivity index (χ2n) is 5.24. The molecule has 0 bridgehead atoms. The zero-order valence-corrected chi connectivity index (χ0v) is 15.8. The molecule has 0 spiro atoms. The van der Waals surface area contributed by atoms with Gasteiger partial charge in [0.15, 0.2) is 0 Å². The molecule has 0 unspecified atom stereocenters. The fraction of sp³-hybridized carbons (Fsp3) is 0.222. The van der Waals surface area contributed by atoms with E-state index in [-0.39, 0.29) is 24.9 Å². The molecule has 2 aromatic rings. The first kappa shape index (κ1) is 19.9. The topological polar surface area (TPSA) is 76.7 Å². The summed E-state index contributed by atoms with van der Waals surface area (Å²) in [5, 5.41) is 6.09. The molecule has 0 aliphatic heterocycles. The van der Waals surface area contributed by atoms with E-state index in [4.69, 9.17) is 32.7 Å². The highest BCUT2D eigenvalue weighted by Gasteiger charge is 2.11. The van der Waals surface area contributed by atoms with Crippen molar-refractivity contribution in [1.82, 2.24) is 10.6 Å². The molecule has 0 radical (unpaired) electrons. The highest BCUT2D eigenvalue weighted by atomic mass is 35.5. The first-order valence-electron chi connectivity index (χ1n) is 7.69. The van der Waals surface area contributed by atoms with Crippen LogP contribution in [-0.2, 0) is 0 Å². The molecule has 0 aliphatic rings. The van der Waals surface area contributed by atoms with Gasteiger partial charge in [0, 0.05) is 30.3 Å². The zero-order valence-electron chi connectivity index (χ0n) is 14.3. The van der Waals surface area contributed by atoms with E-state index in [1.807, 2.05) is 0 Å². The van der Waals surface area contributed by atoms with Crippen molar-refractivity contribution in [1.29, 1.82) is 0 Å². The van der Waals surface area contributed by atoms with Gasteiger partial charge < -0.3 is 20.1 Å². The fourth-order valence-electron chi connectivity index (χ4n) is 2.13. The zero-order chi connectivity index (χ0) is 19.1. The van der Waals surface area contributed by atoms with Gasteiger partial charge in [-0.2, -0.15) is 0 Å². The maximum Gasteiger partial charge on any atom is 0.251 e. The molecule has 2 aromatic carbocycles. The van der Waals surface area contributed by atoms with Crippen LogP contribution >= 0.6 is 23.2 Å². The van der Waals surface area contributed by atoms with Gasteiger partial charge in [-0.3, -0.25) is 9.59 Å². The molecular formula is C18H18Cl2N2O4. The molecule has 0 heterocycles. The third-order valence-corrected chi connectivity index (χ3v) is 4.23. The minimum absolute atomic E-state index is 0.255. The van der Waals surface area contributed by atoms with E-state index in [2.05, 4.69) is 10.6 Å². The van der Waals surface area contributed by atoms with Crippen LogP contribution in [0.1, 0.15) is 20.7 Å². The number of nitrogens with one attached hydrogen (secondary N) is 2. The first-order chi connectivity index (χ1) is 12.4. The second kappa shape index (κ2) is 9.31. The van der Waals surface area contributed by atoms with Crippen LogP contribution < -0.4 is 20.1 Å². The maximum absolute atomic E-state index is 12.2. The average Bonchev–Trinajstić information content (AvgIpc) is 2.66. The lowest BCUT2D eigenvalue weighted by molar-refractivity contribution is 0.0927. The van der Waals surface area contributed by atoms with Gasteiger partial charge in [-0.05, 0) is 30.3 Å². The van der Waals surface area contributed by atoms with Crippen LogP contribution in [0.25, 0.3) is 0 Å². The number of carbonyl (C=O) groups is 2. The smallest absolute Gasteiger partial charge is 0.251 e. The lowest BCUT2D eigenvalue weighted by Gasteiger charge is -2.10. The van der Waals surface area contributed by atoms with Gasteiger partial charge in [0.1, 0.15) is 11.5 Å². The number of ether oxygens (including phenoxy) is 2. The molecule has 26 heavy (non-hydrogen) atoms. The quantitative estimate of drug-likeness (QED) is 0.704. The van der Waals surface area contributed by atoms with E-state index in [9.17, 15) is 9.59 Å². The first-order valence-corrected chi connectivity index (χ1v) is 8.44. The average molecular weight is 397 g/mol. The van der Waals surface area contributed by atoms with Gasteiger partial charge >= 0.3 is 0 Å². The number of carbonyl (C=O) groups excluding carboxylic acids is 2. The third-order valence-electron chi connectivity index (χ3n) is 3.49. The molecule has 6 nitrogen and oxygen atoms in total. The summed E-state index contributed by atoms with van der Waals surface area (Å²) in [6.07, 6.45) is 0. The number of hydrogen-bond acceptors (Lipinski definition) is 4. The molecule has 0 fully saturated rings. The van der Waals surface area contributed by atoms with Gasteiger partial charge in [-0.15, -0.1) is 0 Å². The van der Waals surface area contributed by atoms with Gasteiger partial charge in [-0.1, -0.05) is 23.2 Å². The van der Waals surface area contributed by atoms with Crippen LogP contribution in [0.5, 0.6) is 11.5 Å². The number of halogens is 2. The Kier molecular flexibility index (Phi) is 7.12. The Bertz CT molecular complexity index is 790. The predicted molar refractivity (Wildman–Crippen MR) is 101 cm³/mol. The minimum Gasteiger partial charge on any atom is -0.497 e. The van der Waals surface area contributed by atoms with Crippen LogP contribution in [0, 0.1) is 0 Å². The second-order valence-corrected chi connectivity index (χ2v) is 6.06. The van der Waals surface area contributed by atoms with Gasteiger partial charge in [0.2, 0.25) is 0 Å². The molecule has 138 valence electrons. The summed E-state index contributed by atoms with van der Waals surface area (Å²) in [7, 11) is 3.02. The SMILES string of the molecule is COc1cc(OC)cc(C(=O)NCCNC(=O)c2ccc(Cl)c(Cl)c2)c1. The normalized spacial score (nSPS) is 10.2. The van der Waals surface area contributed by atoms with Crippen LogP contribution in [0.3, 0.4) is 0 Å². The Hall–Kier alpha value is -2.44. The highest BCUT2D eigenvalue weighted by molar-refractivity contribution is 6.42. The highest BCUT2D eigenvalue weighted by Crippen LogP contribution is 2.23. The van der Waals surface area contributed by atoms with E-state index in [1.165, 1.54) is 20.3 Å². The maximum atomic E-state index is 12.2. The van der Waals surface area contributed by atoms with Gasteiger partial charge in [-0.25, -0.2) is 0 Å². The Balaban J connectivity index is 1.86. The largest absolute Gasteiger partial charge is 0.497 e. The summed E-state index contributed by atoms with van der Waals surface area (Å²) >= 11 is 11.7. The number of benzene rings is 2. The number of rotatable bonds is 7. The van der Waals surface area contributed by atoms with Gasteiger partial charge in [0.25, 0.3) is 11.8 Å². The molecule has 0 saturated heterocycles. The van der Waals surface area contributed by atoms with Crippen LogP contribution in [0.4, 0.5) is 0 Å². The molecule has 0 saturated carbocycles. The van der Waals surface area contributed by atoms with Crippen molar-refractivity contribution in [2.45, 2.75) is 0 Å². The van der Waals surface area contributed by atoms with E-state index in [1.54, 1.807) is 30.3 Å². The van der Waals surface area contributed by atoms with Crippen LogP contribution in [-0.4, -0.2) is 39.1 Å². The standard InChI is InChI=1S/C18H18Cl2N2O4/c1-25-13-7-12(8-14(10-13)26-2)18(24)22-6-5-21-17(23)11-3-4-15(19)16(20)9-11/h3-4,7-10H,5-6H2,1-2H3,(H,21,23)(H,22,24). The molecular weight excluding hydrogens is 379 g/mol. The van der Waals surface area contributed by atoms with E-state index < -0.39 is 0 Å². The summed E-state index contributed by atoms with van der Waals surface area (Å²) in [4.78, 5) is 24.2. The van der Waals surface area contributed by atoms with Crippen LogP contribution in [0.15, 0.2) is 36.4 Å². The monoisotopic (exact) mass is 396 g/mol. The summed E-state index contributed by atoms with van der Waals surface area (Å²) in [5.41, 5.74) is 0.792. The predicted octanol–water partition coefficient (Wildman–Crippen LogP) is 3.17. The number of amides is 2. The van der Waals surface area contributed by atoms with Crippen molar-refractivity contribution in [3.63, 3.8) is 0 Å². The molecule has 2 amide bonds. The van der Waals surface area contributed by atoms with Crippen molar-refractivity contribution >= 4 is 35.0 Å². The summed E-state index contributed by atoms with van der Waals surface area (Å²) < 4.78 is 10.3. The lowest BCUT2D eigenvalue weighted by atomic mass is 10.2. The molecule has 2 rings (SSSR count). The van der Waals surface area contributed by atoms with E-state index >= 15 is 0 Å².